The van der Waals surface area contributed by atoms with E-state index in [0.29, 0.717) is 12.6 Å². The lowest BCUT2D eigenvalue weighted by molar-refractivity contribution is 0.288. The smallest absolute Gasteiger partial charge is 0.119 e. The quantitative estimate of drug-likeness (QED) is 0.818. The van der Waals surface area contributed by atoms with E-state index in [2.05, 4.69) is 15.6 Å². The maximum Gasteiger partial charge on any atom is 0.119 e. The van der Waals surface area contributed by atoms with Crippen molar-refractivity contribution in [2.75, 3.05) is 13.7 Å². The highest BCUT2D eigenvalue weighted by Crippen LogP contribution is 2.09. The van der Waals surface area contributed by atoms with Crippen LogP contribution in [0.1, 0.15) is 12.1 Å². The van der Waals surface area contributed by atoms with E-state index in [9.17, 15) is 0 Å². The molecule has 5 nitrogen and oxygen atoms in total. The van der Waals surface area contributed by atoms with Crippen LogP contribution in [0.3, 0.4) is 0 Å². The van der Waals surface area contributed by atoms with Crippen molar-refractivity contribution in [3.63, 3.8) is 0 Å². The summed E-state index contributed by atoms with van der Waals surface area (Å²) in [6.45, 7) is 0.690. The molecule has 1 unspecified atom stereocenters. The lowest BCUT2D eigenvalue weighted by atomic mass is 10.1. The van der Waals surface area contributed by atoms with Crippen LogP contribution in [-0.2, 0) is 13.5 Å². The molecule has 0 fully saturated rings. The van der Waals surface area contributed by atoms with Gasteiger partial charge in [0.1, 0.15) is 5.75 Å². The summed E-state index contributed by atoms with van der Waals surface area (Å²) in [5, 5.41) is 11.3. The Morgan fingerprint density at radius 2 is 2.11 bits per heavy atom. The summed E-state index contributed by atoms with van der Waals surface area (Å²) >= 11 is 0. The minimum Gasteiger partial charge on any atom is -0.494 e. The highest BCUT2D eigenvalue weighted by Gasteiger charge is 2.10. The Kier molecular flexibility index (Phi) is 4.92. The number of aromatic nitrogens is 3. The third-order valence-corrected chi connectivity index (χ3v) is 2.99. The van der Waals surface area contributed by atoms with E-state index in [1.165, 1.54) is 0 Å². The zero-order chi connectivity index (χ0) is 13.5. The molecule has 0 aliphatic heterocycles. The number of para-hydroxylation sites is 1. The summed E-state index contributed by atoms with van der Waals surface area (Å²) in [6.07, 6.45) is 3.74. The third-order valence-electron chi connectivity index (χ3n) is 2.99. The van der Waals surface area contributed by atoms with Crippen LogP contribution in [0.4, 0.5) is 0 Å². The Morgan fingerprint density at radius 3 is 2.74 bits per heavy atom. The van der Waals surface area contributed by atoms with Crippen molar-refractivity contribution in [1.29, 1.82) is 0 Å². The van der Waals surface area contributed by atoms with Crippen molar-refractivity contribution in [3.05, 3.63) is 42.2 Å². The minimum absolute atomic E-state index is 0.348. The average molecular weight is 260 g/mol. The van der Waals surface area contributed by atoms with Gasteiger partial charge in [0.15, 0.2) is 0 Å². The first kappa shape index (κ1) is 13.5. The molecular weight excluding hydrogens is 240 g/mol. The zero-order valence-electron chi connectivity index (χ0n) is 11.4. The SMILES string of the molecule is CNC(CCOc1ccccc1)Cc1cn(C)nn1. The topological polar surface area (TPSA) is 52.0 Å². The summed E-state index contributed by atoms with van der Waals surface area (Å²) in [7, 11) is 3.84. The molecule has 2 aromatic rings. The fraction of sp³-hybridized carbons (Fsp3) is 0.429. The van der Waals surface area contributed by atoms with Crippen LogP contribution in [-0.4, -0.2) is 34.7 Å². The molecule has 0 saturated heterocycles. The van der Waals surface area contributed by atoms with Crippen LogP contribution >= 0.6 is 0 Å². The van der Waals surface area contributed by atoms with Gasteiger partial charge in [-0.2, -0.15) is 0 Å². The Labute approximate surface area is 113 Å². The first-order valence-electron chi connectivity index (χ1n) is 6.48. The Bertz CT molecular complexity index is 483. The largest absolute Gasteiger partial charge is 0.494 e. The number of aryl methyl sites for hydroxylation is 1. The monoisotopic (exact) mass is 260 g/mol. The molecule has 1 aromatic heterocycles. The maximum absolute atomic E-state index is 5.70. The van der Waals surface area contributed by atoms with Gasteiger partial charge < -0.3 is 10.1 Å². The van der Waals surface area contributed by atoms with Gasteiger partial charge in [0.2, 0.25) is 0 Å². The zero-order valence-corrected chi connectivity index (χ0v) is 11.4. The molecule has 0 aliphatic rings. The molecule has 0 bridgehead atoms. The van der Waals surface area contributed by atoms with E-state index >= 15 is 0 Å². The van der Waals surface area contributed by atoms with E-state index in [1.807, 2.05) is 50.6 Å². The molecule has 0 radical (unpaired) electrons. The highest BCUT2D eigenvalue weighted by atomic mass is 16.5. The van der Waals surface area contributed by atoms with E-state index < -0.39 is 0 Å². The van der Waals surface area contributed by atoms with Crippen molar-refractivity contribution < 1.29 is 4.74 Å². The predicted octanol–water partition coefficient (Wildman–Crippen LogP) is 1.41. The van der Waals surface area contributed by atoms with Gasteiger partial charge in [-0.1, -0.05) is 23.4 Å². The van der Waals surface area contributed by atoms with Crippen molar-refractivity contribution >= 4 is 0 Å². The van der Waals surface area contributed by atoms with Gasteiger partial charge in [0, 0.05) is 25.7 Å². The standard InChI is InChI=1S/C14H20N4O/c1-15-12(10-13-11-18(2)17-16-13)8-9-19-14-6-4-3-5-7-14/h3-7,11-12,15H,8-10H2,1-2H3. The highest BCUT2D eigenvalue weighted by molar-refractivity contribution is 5.20. The summed E-state index contributed by atoms with van der Waals surface area (Å²) in [5.41, 5.74) is 1.00. The van der Waals surface area contributed by atoms with Gasteiger partial charge in [-0.15, -0.1) is 5.10 Å². The van der Waals surface area contributed by atoms with E-state index in [-0.39, 0.29) is 0 Å². The number of nitrogens with zero attached hydrogens (tertiary/aromatic N) is 3. The third kappa shape index (κ3) is 4.37. The van der Waals surface area contributed by atoms with Gasteiger partial charge in [-0.05, 0) is 25.6 Å². The van der Waals surface area contributed by atoms with Crippen molar-refractivity contribution in [2.24, 2.45) is 7.05 Å². The molecule has 1 aromatic carbocycles. The van der Waals surface area contributed by atoms with Crippen LogP contribution in [0.5, 0.6) is 5.75 Å². The second-order valence-electron chi connectivity index (χ2n) is 4.52. The van der Waals surface area contributed by atoms with Gasteiger partial charge >= 0.3 is 0 Å². The number of nitrogens with one attached hydrogen (secondary N) is 1. The Hall–Kier alpha value is -1.88. The van der Waals surface area contributed by atoms with E-state index in [0.717, 1.165) is 24.3 Å². The first-order chi connectivity index (χ1) is 9.28. The van der Waals surface area contributed by atoms with Crippen LogP contribution in [0, 0.1) is 0 Å². The maximum atomic E-state index is 5.70. The van der Waals surface area contributed by atoms with Crippen LogP contribution in [0.15, 0.2) is 36.5 Å². The molecule has 19 heavy (non-hydrogen) atoms. The molecule has 5 heteroatoms. The van der Waals surface area contributed by atoms with Crippen LogP contribution in [0.25, 0.3) is 0 Å². The lowest BCUT2D eigenvalue weighted by Crippen LogP contribution is -2.29. The summed E-state index contributed by atoms with van der Waals surface area (Å²) in [6, 6.07) is 10.2. The van der Waals surface area contributed by atoms with Gasteiger partial charge in [0.25, 0.3) is 0 Å². The number of likely N-dealkylation sites (N-methyl/N-ethyl adjacent to an activating group) is 1. The normalized spacial score (nSPS) is 12.3. The van der Waals surface area contributed by atoms with Gasteiger partial charge in [0.05, 0.1) is 12.3 Å². The number of rotatable bonds is 7. The second-order valence-corrected chi connectivity index (χ2v) is 4.52. The molecule has 0 spiro atoms. The fourth-order valence-electron chi connectivity index (χ4n) is 1.93. The summed E-state index contributed by atoms with van der Waals surface area (Å²) in [4.78, 5) is 0. The van der Waals surface area contributed by atoms with Gasteiger partial charge in [-0.3, -0.25) is 4.68 Å². The van der Waals surface area contributed by atoms with Crippen LogP contribution in [0.2, 0.25) is 0 Å². The fourth-order valence-corrected chi connectivity index (χ4v) is 1.93. The molecule has 1 N–H and O–H groups in total. The Morgan fingerprint density at radius 1 is 1.32 bits per heavy atom. The summed E-state index contributed by atoms with van der Waals surface area (Å²) in [5.74, 6) is 0.914. The van der Waals surface area contributed by atoms with Crippen molar-refractivity contribution in [1.82, 2.24) is 20.3 Å². The summed E-state index contributed by atoms with van der Waals surface area (Å²) < 4.78 is 7.42. The first-order valence-corrected chi connectivity index (χ1v) is 6.48. The number of hydrogen-bond donors (Lipinski definition) is 1. The molecule has 1 atom stereocenters. The molecule has 0 amide bonds. The Balaban J connectivity index is 1.76. The molecule has 0 saturated carbocycles. The molecular formula is C14H20N4O. The van der Waals surface area contributed by atoms with E-state index in [1.54, 1.807) is 4.68 Å². The lowest BCUT2D eigenvalue weighted by Gasteiger charge is -2.15. The van der Waals surface area contributed by atoms with Crippen molar-refractivity contribution in [3.8, 4) is 5.75 Å². The molecule has 0 aliphatic carbocycles. The van der Waals surface area contributed by atoms with Gasteiger partial charge in [-0.25, -0.2) is 0 Å². The number of ether oxygens (including phenoxy) is 1. The number of benzene rings is 1. The molecule has 102 valence electrons. The predicted molar refractivity (Wildman–Crippen MR) is 74.1 cm³/mol. The number of hydrogen-bond acceptors (Lipinski definition) is 4. The minimum atomic E-state index is 0.348. The second kappa shape index (κ2) is 6.89. The molecule has 2 rings (SSSR count). The van der Waals surface area contributed by atoms with Crippen LogP contribution < -0.4 is 10.1 Å². The average Bonchev–Trinajstić information content (AvgIpc) is 2.84. The van der Waals surface area contributed by atoms with Crippen molar-refractivity contribution in [2.45, 2.75) is 18.9 Å². The van der Waals surface area contributed by atoms with E-state index in [4.69, 9.17) is 4.74 Å². The molecule has 1 heterocycles.